The number of nitrogen functional groups attached to an aromatic ring is 1. The van der Waals surface area contributed by atoms with E-state index in [2.05, 4.69) is 0 Å². The van der Waals surface area contributed by atoms with Gasteiger partial charge >= 0.3 is 0 Å². The SMILES string of the molecule is Nc1c2ccccc2cc2c(C=O)cccc12. The average Bonchev–Trinajstić information content (AvgIpc) is 2.38. The normalized spacial score (nSPS) is 10.8. The lowest BCUT2D eigenvalue weighted by Crippen LogP contribution is -1.92. The van der Waals surface area contributed by atoms with Crippen molar-refractivity contribution in [2.45, 2.75) is 0 Å². The van der Waals surface area contributed by atoms with E-state index in [0.717, 1.165) is 33.5 Å². The number of benzene rings is 3. The molecule has 0 atom stereocenters. The van der Waals surface area contributed by atoms with Crippen LogP contribution in [0.15, 0.2) is 48.5 Å². The summed E-state index contributed by atoms with van der Waals surface area (Å²) in [6, 6.07) is 15.6. The molecule has 3 aromatic rings. The highest BCUT2D eigenvalue weighted by Gasteiger charge is 2.06. The Kier molecular flexibility index (Phi) is 2.08. The molecule has 0 heterocycles. The van der Waals surface area contributed by atoms with Crippen LogP contribution in [-0.2, 0) is 0 Å². The quantitative estimate of drug-likeness (QED) is 0.389. The smallest absolute Gasteiger partial charge is 0.150 e. The van der Waals surface area contributed by atoms with Crippen LogP contribution in [-0.4, -0.2) is 6.29 Å². The number of anilines is 1. The Labute approximate surface area is 98.7 Å². The maximum Gasteiger partial charge on any atom is 0.150 e. The van der Waals surface area contributed by atoms with Gasteiger partial charge in [-0.3, -0.25) is 4.79 Å². The monoisotopic (exact) mass is 221 g/mol. The summed E-state index contributed by atoms with van der Waals surface area (Å²) in [5.74, 6) is 0. The lowest BCUT2D eigenvalue weighted by molar-refractivity contribution is 0.112. The topological polar surface area (TPSA) is 43.1 Å². The molecular formula is C15H11NO. The van der Waals surface area contributed by atoms with E-state index in [9.17, 15) is 4.79 Å². The number of fused-ring (bicyclic) bond motifs is 2. The number of nitrogens with two attached hydrogens (primary N) is 1. The van der Waals surface area contributed by atoms with E-state index in [1.807, 2.05) is 48.5 Å². The Morgan fingerprint density at radius 3 is 2.47 bits per heavy atom. The lowest BCUT2D eigenvalue weighted by atomic mass is 9.98. The maximum absolute atomic E-state index is 11.0. The number of rotatable bonds is 1. The van der Waals surface area contributed by atoms with Crippen LogP contribution >= 0.6 is 0 Å². The van der Waals surface area contributed by atoms with Crippen LogP contribution in [0.1, 0.15) is 10.4 Å². The molecule has 0 unspecified atom stereocenters. The van der Waals surface area contributed by atoms with Crippen molar-refractivity contribution < 1.29 is 4.79 Å². The zero-order chi connectivity index (χ0) is 11.8. The van der Waals surface area contributed by atoms with E-state index < -0.39 is 0 Å². The molecule has 0 radical (unpaired) electrons. The third-order valence-corrected chi connectivity index (χ3v) is 3.11. The molecule has 3 rings (SSSR count). The van der Waals surface area contributed by atoms with Crippen LogP contribution in [0.25, 0.3) is 21.5 Å². The van der Waals surface area contributed by atoms with Gasteiger partial charge in [0.2, 0.25) is 0 Å². The molecule has 0 aliphatic rings. The molecule has 0 aliphatic carbocycles. The van der Waals surface area contributed by atoms with Gasteiger partial charge in [0.15, 0.2) is 6.29 Å². The summed E-state index contributed by atoms with van der Waals surface area (Å²) >= 11 is 0. The van der Waals surface area contributed by atoms with E-state index in [1.54, 1.807) is 0 Å². The Morgan fingerprint density at radius 1 is 0.882 bits per heavy atom. The van der Waals surface area contributed by atoms with Crippen molar-refractivity contribution in [2.24, 2.45) is 0 Å². The standard InChI is InChI=1S/C15H11NO/c16-15-12-6-2-1-4-10(12)8-14-11(9-17)5-3-7-13(14)15/h1-9H,16H2. The van der Waals surface area contributed by atoms with E-state index in [4.69, 9.17) is 5.73 Å². The molecule has 0 amide bonds. The average molecular weight is 221 g/mol. The molecule has 2 nitrogen and oxygen atoms in total. The largest absolute Gasteiger partial charge is 0.398 e. The van der Waals surface area contributed by atoms with Crippen LogP contribution in [0, 0.1) is 0 Å². The minimum Gasteiger partial charge on any atom is -0.398 e. The molecule has 3 aromatic carbocycles. The van der Waals surface area contributed by atoms with Gasteiger partial charge in [-0.05, 0) is 16.8 Å². The first kappa shape index (κ1) is 9.85. The third-order valence-electron chi connectivity index (χ3n) is 3.11. The lowest BCUT2D eigenvalue weighted by Gasteiger charge is -2.08. The molecule has 0 aromatic heterocycles. The van der Waals surface area contributed by atoms with Gasteiger partial charge in [-0.15, -0.1) is 0 Å². The molecule has 17 heavy (non-hydrogen) atoms. The first-order chi connectivity index (χ1) is 8.31. The predicted molar refractivity (Wildman–Crippen MR) is 71.3 cm³/mol. The number of aldehydes is 1. The van der Waals surface area contributed by atoms with Gasteiger partial charge in [-0.2, -0.15) is 0 Å². The summed E-state index contributed by atoms with van der Waals surface area (Å²) in [5, 5.41) is 3.95. The zero-order valence-corrected chi connectivity index (χ0v) is 9.18. The van der Waals surface area contributed by atoms with Crippen molar-refractivity contribution in [1.82, 2.24) is 0 Å². The first-order valence-corrected chi connectivity index (χ1v) is 5.46. The van der Waals surface area contributed by atoms with Crippen molar-refractivity contribution in [3.8, 4) is 0 Å². The molecule has 2 heteroatoms. The van der Waals surface area contributed by atoms with Gasteiger partial charge in [0.05, 0.1) is 0 Å². The van der Waals surface area contributed by atoms with Gasteiger partial charge in [-0.1, -0.05) is 42.5 Å². The molecule has 0 saturated heterocycles. The highest BCUT2D eigenvalue weighted by Crippen LogP contribution is 2.31. The maximum atomic E-state index is 11.0. The fourth-order valence-corrected chi connectivity index (χ4v) is 2.25. The van der Waals surface area contributed by atoms with E-state index >= 15 is 0 Å². The summed E-state index contributed by atoms with van der Waals surface area (Å²) in [5.41, 5.74) is 7.58. The van der Waals surface area contributed by atoms with Gasteiger partial charge in [0.25, 0.3) is 0 Å². The van der Waals surface area contributed by atoms with Crippen LogP contribution in [0.3, 0.4) is 0 Å². The molecule has 0 saturated carbocycles. The molecule has 0 bridgehead atoms. The Bertz CT molecular complexity index is 731. The van der Waals surface area contributed by atoms with Gasteiger partial charge in [0, 0.05) is 22.0 Å². The van der Waals surface area contributed by atoms with Crippen LogP contribution in [0.2, 0.25) is 0 Å². The second-order valence-electron chi connectivity index (χ2n) is 4.07. The fourth-order valence-electron chi connectivity index (χ4n) is 2.25. The number of hydrogen-bond donors (Lipinski definition) is 1. The Morgan fingerprint density at radius 2 is 1.65 bits per heavy atom. The third kappa shape index (κ3) is 1.38. The second-order valence-corrected chi connectivity index (χ2v) is 4.07. The van der Waals surface area contributed by atoms with Crippen molar-refractivity contribution >= 4 is 33.5 Å². The molecule has 82 valence electrons. The van der Waals surface area contributed by atoms with Crippen molar-refractivity contribution in [3.05, 3.63) is 54.1 Å². The number of carbonyl (C=O) groups excluding carboxylic acids is 1. The minimum atomic E-state index is 0.681. The first-order valence-electron chi connectivity index (χ1n) is 5.46. The van der Waals surface area contributed by atoms with E-state index in [-0.39, 0.29) is 0 Å². The summed E-state index contributed by atoms with van der Waals surface area (Å²) in [6.07, 6.45) is 0.872. The highest BCUT2D eigenvalue weighted by molar-refractivity contribution is 6.13. The van der Waals surface area contributed by atoms with Gasteiger partial charge < -0.3 is 5.73 Å². The summed E-state index contributed by atoms with van der Waals surface area (Å²) in [7, 11) is 0. The summed E-state index contributed by atoms with van der Waals surface area (Å²) in [6.45, 7) is 0. The summed E-state index contributed by atoms with van der Waals surface area (Å²) < 4.78 is 0. The van der Waals surface area contributed by atoms with Gasteiger partial charge in [-0.25, -0.2) is 0 Å². The molecule has 0 spiro atoms. The number of carbonyl (C=O) groups is 1. The second kappa shape index (κ2) is 3.59. The molecular weight excluding hydrogens is 210 g/mol. The van der Waals surface area contributed by atoms with Crippen LogP contribution in [0.4, 0.5) is 5.69 Å². The molecule has 0 fully saturated rings. The van der Waals surface area contributed by atoms with E-state index in [0.29, 0.717) is 5.56 Å². The van der Waals surface area contributed by atoms with Gasteiger partial charge in [0.1, 0.15) is 0 Å². The van der Waals surface area contributed by atoms with Crippen molar-refractivity contribution in [3.63, 3.8) is 0 Å². The van der Waals surface area contributed by atoms with Crippen molar-refractivity contribution in [2.75, 3.05) is 5.73 Å². The Hall–Kier alpha value is -2.35. The van der Waals surface area contributed by atoms with Crippen LogP contribution < -0.4 is 5.73 Å². The fraction of sp³-hybridized carbons (Fsp3) is 0. The highest BCUT2D eigenvalue weighted by atomic mass is 16.1. The number of hydrogen-bond acceptors (Lipinski definition) is 2. The minimum absolute atomic E-state index is 0.681. The predicted octanol–water partition coefficient (Wildman–Crippen LogP) is 3.39. The van der Waals surface area contributed by atoms with E-state index in [1.165, 1.54) is 0 Å². The van der Waals surface area contributed by atoms with Crippen molar-refractivity contribution in [1.29, 1.82) is 0 Å². The zero-order valence-electron chi connectivity index (χ0n) is 9.18. The summed E-state index contributed by atoms with van der Waals surface area (Å²) in [4.78, 5) is 11.0. The van der Waals surface area contributed by atoms with Crippen LogP contribution in [0.5, 0.6) is 0 Å². The molecule has 2 N–H and O–H groups in total. The Balaban J connectivity index is 2.59. The molecule has 0 aliphatic heterocycles.